The molecule has 1 N–H and O–H groups in total. The molecule has 2 rings (SSSR count). The van der Waals surface area contributed by atoms with Crippen LogP contribution in [0.25, 0.3) is 16.5 Å². The van der Waals surface area contributed by atoms with E-state index in [0.29, 0.717) is 5.56 Å². The summed E-state index contributed by atoms with van der Waals surface area (Å²) in [6.07, 6.45) is 4.18. The third-order valence-corrected chi connectivity index (χ3v) is 3.88. The molecule has 0 aliphatic heterocycles. The molecule has 0 spiro atoms. The van der Waals surface area contributed by atoms with Crippen molar-refractivity contribution in [3.8, 4) is 10.4 Å². The third-order valence-electron chi connectivity index (χ3n) is 2.80. The molecule has 2 aromatic rings. The maximum Gasteiger partial charge on any atom is 0.131 e. The number of thiophene rings is 1. The molecule has 0 fully saturated rings. The lowest BCUT2D eigenvalue weighted by Gasteiger charge is -2.18. The van der Waals surface area contributed by atoms with E-state index in [1.54, 1.807) is 17.4 Å². The molecule has 106 valence electrons. The van der Waals surface area contributed by atoms with Gasteiger partial charge < -0.3 is 5.32 Å². The van der Waals surface area contributed by atoms with Gasteiger partial charge in [-0.3, -0.25) is 0 Å². The Morgan fingerprint density at radius 3 is 2.60 bits per heavy atom. The van der Waals surface area contributed by atoms with Crippen molar-refractivity contribution in [2.24, 2.45) is 0 Å². The van der Waals surface area contributed by atoms with Crippen molar-refractivity contribution in [3.63, 3.8) is 0 Å². The largest absolute Gasteiger partial charge is 0.309 e. The predicted molar refractivity (Wildman–Crippen MR) is 86.5 cm³/mol. The third kappa shape index (κ3) is 4.29. The predicted octanol–water partition coefficient (Wildman–Crippen LogP) is 4.96. The van der Waals surface area contributed by atoms with Gasteiger partial charge in [0.25, 0.3) is 0 Å². The van der Waals surface area contributed by atoms with E-state index < -0.39 is 0 Å². The van der Waals surface area contributed by atoms with Crippen molar-refractivity contribution in [2.75, 3.05) is 6.54 Å². The lowest BCUT2D eigenvalue weighted by atomic mass is 10.1. The van der Waals surface area contributed by atoms with Crippen molar-refractivity contribution in [2.45, 2.75) is 26.3 Å². The summed E-state index contributed by atoms with van der Waals surface area (Å²) in [5.41, 5.74) is 0.794. The van der Waals surface area contributed by atoms with E-state index in [0.717, 1.165) is 16.3 Å². The Kier molecular flexibility index (Phi) is 4.73. The molecule has 3 heteroatoms. The van der Waals surface area contributed by atoms with Crippen molar-refractivity contribution < 1.29 is 4.39 Å². The Labute approximate surface area is 124 Å². The normalized spacial score (nSPS) is 12.2. The van der Waals surface area contributed by atoms with Crippen LogP contribution < -0.4 is 5.32 Å². The van der Waals surface area contributed by atoms with Gasteiger partial charge in [-0.2, -0.15) is 0 Å². The molecular formula is C17H20FNS. The average molecular weight is 289 g/mol. The van der Waals surface area contributed by atoms with Crippen molar-refractivity contribution >= 4 is 17.4 Å². The average Bonchev–Trinajstić information content (AvgIpc) is 2.83. The van der Waals surface area contributed by atoms with Gasteiger partial charge in [0, 0.05) is 27.4 Å². The summed E-state index contributed by atoms with van der Waals surface area (Å²) >= 11 is 1.60. The van der Waals surface area contributed by atoms with Crippen molar-refractivity contribution in [1.82, 2.24) is 5.32 Å². The van der Waals surface area contributed by atoms with Crippen LogP contribution in [0.2, 0.25) is 0 Å². The van der Waals surface area contributed by atoms with Gasteiger partial charge in [-0.05, 0) is 45.0 Å². The summed E-state index contributed by atoms with van der Waals surface area (Å²) in [5.74, 6) is -0.167. The van der Waals surface area contributed by atoms with Crippen LogP contribution in [-0.4, -0.2) is 12.1 Å². The maximum atomic E-state index is 13.7. The van der Waals surface area contributed by atoms with E-state index in [-0.39, 0.29) is 11.4 Å². The lowest BCUT2D eigenvalue weighted by molar-refractivity contribution is 0.450. The molecule has 1 aromatic heterocycles. The SMILES string of the molecule is CC(C)(C)NCC=Cc1ccc(-c2ccccc2F)s1. The quantitative estimate of drug-likeness (QED) is 0.839. The van der Waals surface area contributed by atoms with Gasteiger partial charge in [0.1, 0.15) is 5.82 Å². The van der Waals surface area contributed by atoms with E-state index in [1.165, 1.54) is 6.07 Å². The van der Waals surface area contributed by atoms with Gasteiger partial charge in [0.05, 0.1) is 0 Å². The first-order valence-electron chi connectivity index (χ1n) is 6.72. The highest BCUT2D eigenvalue weighted by molar-refractivity contribution is 7.16. The number of hydrogen-bond acceptors (Lipinski definition) is 2. The Morgan fingerprint density at radius 2 is 1.90 bits per heavy atom. The second-order valence-electron chi connectivity index (χ2n) is 5.72. The van der Waals surface area contributed by atoms with E-state index in [1.807, 2.05) is 24.3 Å². The summed E-state index contributed by atoms with van der Waals surface area (Å²) < 4.78 is 13.7. The zero-order valence-electron chi connectivity index (χ0n) is 12.1. The second kappa shape index (κ2) is 6.33. The van der Waals surface area contributed by atoms with Gasteiger partial charge in [-0.25, -0.2) is 4.39 Å². The van der Waals surface area contributed by atoms with Crippen molar-refractivity contribution in [3.05, 3.63) is 53.2 Å². The summed E-state index contributed by atoms with van der Waals surface area (Å²) in [7, 11) is 0. The fourth-order valence-electron chi connectivity index (χ4n) is 1.79. The number of nitrogens with one attached hydrogen (secondary N) is 1. The maximum absolute atomic E-state index is 13.7. The topological polar surface area (TPSA) is 12.0 Å². The number of benzene rings is 1. The molecule has 0 aliphatic carbocycles. The zero-order valence-corrected chi connectivity index (χ0v) is 12.9. The first kappa shape index (κ1) is 14.9. The highest BCUT2D eigenvalue weighted by Gasteiger charge is 2.07. The Morgan fingerprint density at radius 1 is 1.15 bits per heavy atom. The van der Waals surface area contributed by atoms with Crippen LogP contribution in [0.3, 0.4) is 0 Å². The molecule has 1 heterocycles. The zero-order chi connectivity index (χ0) is 14.6. The van der Waals surface area contributed by atoms with Gasteiger partial charge >= 0.3 is 0 Å². The van der Waals surface area contributed by atoms with Crippen LogP contribution in [-0.2, 0) is 0 Å². The monoisotopic (exact) mass is 289 g/mol. The lowest BCUT2D eigenvalue weighted by Crippen LogP contribution is -2.35. The van der Waals surface area contributed by atoms with Crippen LogP contribution >= 0.6 is 11.3 Å². The smallest absolute Gasteiger partial charge is 0.131 e. The molecule has 0 bridgehead atoms. The molecule has 20 heavy (non-hydrogen) atoms. The van der Waals surface area contributed by atoms with Gasteiger partial charge in [-0.1, -0.05) is 24.3 Å². The summed E-state index contributed by atoms with van der Waals surface area (Å²) in [4.78, 5) is 2.10. The summed E-state index contributed by atoms with van der Waals surface area (Å²) in [6, 6.07) is 10.9. The first-order valence-corrected chi connectivity index (χ1v) is 7.54. The van der Waals surface area contributed by atoms with E-state index in [2.05, 4.69) is 38.2 Å². The molecule has 0 aliphatic rings. The second-order valence-corrected chi connectivity index (χ2v) is 6.83. The van der Waals surface area contributed by atoms with Crippen LogP contribution in [0.5, 0.6) is 0 Å². The first-order chi connectivity index (χ1) is 9.46. The molecule has 1 nitrogen and oxygen atoms in total. The highest BCUT2D eigenvalue weighted by atomic mass is 32.1. The molecule has 0 unspecified atom stereocenters. The summed E-state index contributed by atoms with van der Waals surface area (Å²) in [6.45, 7) is 7.25. The molecule has 0 saturated heterocycles. The fraction of sp³-hybridized carbons (Fsp3) is 0.294. The van der Waals surface area contributed by atoms with Crippen LogP contribution in [0.1, 0.15) is 25.6 Å². The van der Waals surface area contributed by atoms with Gasteiger partial charge in [-0.15, -0.1) is 11.3 Å². The minimum Gasteiger partial charge on any atom is -0.309 e. The van der Waals surface area contributed by atoms with Crippen LogP contribution in [0.15, 0.2) is 42.5 Å². The number of rotatable bonds is 4. The van der Waals surface area contributed by atoms with Crippen LogP contribution in [0.4, 0.5) is 4.39 Å². The Balaban J connectivity index is 2.03. The van der Waals surface area contributed by atoms with E-state index >= 15 is 0 Å². The number of hydrogen-bond donors (Lipinski definition) is 1. The summed E-state index contributed by atoms with van der Waals surface area (Å²) in [5, 5.41) is 3.40. The fourth-order valence-corrected chi connectivity index (χ4v) is 2.75. The van der Waals surface area contributed by atoms with E-state index in [9.17, 15) is 4.39 Å². The molecule has 0 atom stereocenters. The van der Waals surface area contributed by atoms with Crippen LogP contribution in [0, 0.1) is 5.82 Å². The number of halogens is 1. The Hall–Kier alpha value is -1.45. The minimum atomic E-state index is -0.167. The Bertz CT molecular complexity index is 593. The molecule has 0 saturated carbocycles. The minimum absolute atomic E-state index is 0.123. The van der Waals surface area contributed by atoms with Gasteiger partial charge in [0.15, 0.2) is 0 Å². The highest BCUT2D eigenvalue weighted by Crippen LogP contribution is 2.30. The van der Waals surface area contributed by atoms with Gasteiger partial charge in [0.2, 0.25) is 0 Å². The van der Waals surface area contributed by atoms with E-state index in [4.69, 9.17) is 0 Å². The molecule has 0 radical (unpaired) electrons. The molecule has 1 aromatic carbocycles. The molecular weight excluding hydrogens is 269 g/mol. The molecule has 0 amide bonds. The van der Waals surface area contributed by atoms with Crippen molar-refractivity contribution in [1.29, 1.82) is 0 Å². The standard InChI is InChI=1S/C17H20FNS/c1-17(2,3)19-12-6-7-13-10-11-16(20-13)14-8-4-5-9-15(14)18/h4-11,19H,12H2,1-3H3.